The van der Waals surface area contributed by atoms with Crippen LogP contribution in [0.1, 0.15) is 9.67 Å². The molecule has 2 N–H and O–H groups in total. The molecule has 0 bridgehead atoms. The number of rotatable bonds is 8. The molecule has 0 aliphatic carbocycles. The van der Waals surface area contributed by atoms with Crippen molar-refractivity contribution in [1.29, 1.82) is 0 Å². The molecule has 0 atom stereocenters. The van der Waals surface area contributed by atoms with Gasteiger partial charge in [-0.2, -0.15) is 4.31 Å². The number of hydrazine groups is 1. The van der Waals surface area contributed by atoms with Gasteiger partial charge in [-0.1, -0.05) is 29.3 Å². The summed E-state index contributed by atoms with van der Waals surface area (Å²) in [4.78, 5) is 24.3. The summed E-state index contributed by atoms with van der Waals surface area (Å²) >= 11 is 13.0. The Hall–Kier alpha value is -1.69. The van der Waals surface area contributed by atoms with E-state index < -0.39 is 28.4 Å². The van der Waals surface area contributed by atoms with Gasteiger partial charge >= 0.3 is 0 Å². The lowest BCUT2D eigenvalue weighted by Crippen LogP contribution is -2.48. The van der Waals surface area contributed by atoms with Gasteiger partial charge in [-0.15, -0.1) is 11.3 Å². The van der Waals surface area contributed by atoms with Gasteiger partial charge in [0.15, 0.2) is 0 Å². The van der Waals surface area contributed by atoms with Crippen LogP contribution >= 0.6 is 34.5 Å². The minimum absolute atomic E-state index is 0.0579. The summed E-state index contributed by atoms with van der Waals surface area (Å²) < 4.78 is 31.6. The third-order valence-electron chi connectivity index (χ3n) is 3.40. The predicted molar refractivity (Wildman–Crippen MR) is 107 cm³/mol. The number of sulfonamides is 1. The van der Waals surface area contributed by atoms with Crippen molar-refractivity contribution in [3.63, 3.8) is 0 Å². The number of thiophene rings is 1. The van der Waals surface area contributed by atoms with Crippen molar-refractivity contribution in [1.82, 2.24) is 15.2 Å². The molecule has 2 amide bonds. The van der Waals surface area contributed by atoms with Crippen LogP contribution in [-0.4, -0.2) is 51.3 Å². The molecule has 1 aromatic heterocycles. The van der Waals surface area contributed by atoms with Crippen LogP contribution in [0.3, 0.4) is 0 Å². The number of amides is 2. The number of nitrogens with one attached hydrogen (secondary N) is 2. The van der Waals surface area contributed by atoms with Gasteiger partial charge in [-0.25, -0.2) is 8.42 Å². The minimum Gasteiger partial charge on any atom is -0.383 e. The molecular formula is C16H17Cl2N3O5S2. The Morgan fingerprint density at radius 3 is 2.43 bits per heavy atom. The molecule has 28 heavy (non-hydrogen) atoms. The standard InChI is InChI=1S/C16H17Cl2N3O5S2/c1-26-5-4-21(28(24,25)13-8-11(17)7-12(18)9-13)10-15(22)19-20-16(23)14-3-2-6-27-14/h2-3,6-9H,4-5,10H2,1H3,(H,19,22)(H,20,23). The van der Waals surface area contributed by atoms with E-state index in [4.69, 9.17) is 27.9 Å². The van der Waals surface area contributed by atoms with Crippen molar-refractivity contribution in [2.75, 3.05) is 26.8 Å². The van der Waals surface area contributed by atoms with Crippen molar-refractivity contribution in [3.05, 3.63) is 50.6 Å². The number of nitrogens with zero attached hydrogens (tertiary/aromatic N) is 1. The second-order valence-electron chi connectivity index (χ2n) is 5.42. The minimum atomic E-state index is -4.08. The van der Waals surface area contributed by atoms with E-state index in [2.05, 4.69) is 10.9 Å². The molecule has 0 saturated carbocycles. The van der Waals surface area contributed by atoms with Crippen molar-refractivity contribution < 1.29 is 22.7 Å². The van der Waals surface area contributed by atoms with Gasteiger partial charge in [0.05, 0.1) is 22.9 Å². The van der Waals surface area contributed by atoms with E-state index >= 15 is 0 Å². The van der Waals surface area contributed by atoms with E-state index in [0.29, 0.717) is 4.88 Å². The summed E-state index contributed by atoms with van der Waals surface area (Å²) in [6.45, 7) is -0.571. The quantitative estimate of drug-likeness (QED) is 0.581. The van der Waals surface area contributed by atoms with Crippen LogP contribution in [0.5, 0.6) is 0 Å². The fourth-order valence-corrected chi connectivity index (χ4v) is 4.83. The summed E-state index contributed by atoms with van der Waals surface area (Å²) in [5.41, 5.74) is 4.43. The monoisotopic (exact) mass is 465 g/mol. The van der Waals surface area contributed by atoms with Crippen LogP contribution in [0.15, 0.2) is 40.6 Å². The molecule has 0 unspecified atom stereocenters. The maximum Gasteiger partial charge on any atom is 0.279 e. The van der Waals surface area contributed by atoms with Crippen molar-refractivity contribution in [3.8, 4) is 0 Å². The van der Waals surface area contributed by atoms with Crippen molar-refractivity contribution in [2.45, 2.75) is 4.90 Å². The highest BCUT2D eigenvalue weighted by Crippen LogP contribution is 2.24. The van der Waals surface area contributed by atoms with Crippen LogP contribution < -0.4 is 10.9 Å². The Kier molecular flexibility index (Phi) is 8.23. The van der Waals surface area contributed by atoms with Crippen molar-refractivity contribution in [2.24, 2.45) is 0 Å². The summed E-state index contributed by atoms with van der Waals surface area (Å²) in [6.07, 6.45) is 0. The Morgan fingerprint density at radius 2 is 1.86 bits per heavy atom. The summed E-state index contributed by atoms with van der Waals surface area (Å²) in [5.74, 6) is -1.23. The molecular weight excluding hydrogens is 449 g/mol. The predicted octanol–water partition coefficient (Wildman–Crippen LogP) is 2.15. The van der Waals surface area contributed by atoms with Gasteiger partial charge in [0.2, 0.25) is 10.0 Å². The number of hydrogen-bond donors (Lipinski definition) is 2. The molecule has 0 aliphatic rings. The Balaban J connectivity index is 2.11. The zero-order valence-corrected chi connectivity index (χ0v) is 17.8. The van der Waals surface area contributed by atoms with Gasteiger partial charge in [-0.05, 0) is 29.6 Å². The topological polar surface area (TPSA) is 105 Å². The third kappa shape index (κ3) is 6.16. The zero-order chi connectivity index (χ0) is 20.7. The molecule has 0 fully saturated rings. The van der Waals surface area contributed by atoms with Crippen LogP contribution in [0.25, 0.3) is 0 Å². The maximum absolute atomic E-state index is 12.9. The number of carbonyl (C=O) groups excluding carboxylic acids is 2. The molecule has 152 valence electrons. The van der Waals surface area contributed by atoms with E-state index in [9.17, 15) is 18.0 Å². The first-order valence-electron chi connectivity index (χ1n) is 7.82. The molecule has 0 radical (unpaired) electrons. The normalized spacial score (nSPS) is 11.4. The molecule has 2 aromatic rings. The van der Waals surface area contributed by atoms with Gasteiger partial charge in [0, 0.05) is 23.7 Å². The summed E-state index contributed by atoms with van der Waals surface area (Å²) in [7, 11) is -2.68. The van der Waals surface area contributed by atoms with Crippen molar-refractivity contribution >= 4 is 56.4 Å². The number of hydrogen-bond acceptors (Lipinski definition) is 6. The molecule has 0 aliphatic heterocycles. The van der Waals surface area contributed by atoms with Crippen LogP contribution in [-0.2, 0) is 19.6 Å². The number of ether oxygens (including phenoxy) is 1. The number of benzene rings is 1. The lowest BCUT2D eigenvalue weighted by atomic mass is 10.4. The van der Waals surface area contributed by atoms with E-state index in [1.165, 1.54) is 36.6 Å². The first kappa shape index (κ1) is 22.6. The van der Waals surface area contributed by atoms with Crippen LogP contribution in [0, 0.1) is 0 Å². The van der Waals surface area contributed by atoms with E-state index in [1.54, 1.807) is 17.5 Å². The molecule has 0 saturated heterocycles. The number of carbonyl (C=O) groups is 2. The summed E-state index contributed by atoms with van der Waals surface area (Å²) in [5, 5.41) is 2.00. The molecule has 1 heterocycles. The van der Waals surface area contributed by atoms with Crippen LogP contribution in [0.4, 0.5) is 0 Å². The number of methoxy groups -OCH3 is 1. The molecule has 1 aromatic carbocycles. The Bertz CT molecular complexity index is 916. The van der Waals surface area contributed by atoms with Gasteiger partial charge in [0.25, 0.3) is 11.8 Å². The summed E-state index contributed by atoms with van der Waals surface area (Å²) in [6, 6.07) is 7.15. The average Bonchev–Trinajstić information content (AvgIpc) is 3.17. The van der Waals surface area contributed by atoms with E-state index in [0.717, 1.165) is 4.31 Å². The Labute approximate surface area is 176 Å². The first-order chi connectivity index (χ1) is 13.2. The highest BCUT2D eigenvalue weighted by Gasteiger charge is 2.27. The van der Waals surface area contributed by atoms with Crippen LogP contribution in [0.2, 0.25) is 10.0 Å². The largest absolute Gasteiger partial charge is 0.383 e. The lowest BCUT2D eigenvalue weighted by Gasteiger charge is -2.21. The van der Waals surface area contributed by atoms with Gasteiger partial charge in [0.1, 0.15) is 0 Å². The van der Waals surface area contributed by atoms with E-state index in [-0.39, 0.29) is 28.1 Å². The zero-order valence-electron chi connectivity index (χ0n) is 14.6. The fourth-order valence-electron chi connectivity index (χ4n) is 2.10. The first-order valence-corrected chi connectivity index (χ1v) is 10.9. The highest BCUT2D eigenvalue weighted by molar-refractivity contribution is 7.89. The maximum atomic E-state index is 12.9. The average molecular weight is 466 g/mol. The fraction of sp³-hybridized carbons (Fsp3) is 0.250. The molecule has 0 spiro atoms. The molecule has 12 heteroatoms. The van der Waals surface area contributed by atoms with Gasteiger partial charge in [-0.3, -0.25) is 20.4 Å². The second kappa shape index (κ2) is 10.2. The highest BCUT2D eigenvalue weighted by atomic mass is 35.5. The molecule has 8 nitrogen and oxygen atoms in total. The third-order valence-corrected chi connectivity index (χ3v) is 6.53. The Morgan fingerprint density at radius 1 is 1.18 bits per heavy atom. The SMILES string of the molecule is COCCN(CC(=O)NNC(=O)c1cccs1)S(=O)(=O)c1cc(Cl)cc(Cl)c1. The van der Waals surface area contributed by atoms with E-state index in [1.807, 2.05) is 0 Å². The lowest BCUT2D eigenvalue weighted by molar-refractivity contribution is -0.122. The molecule has 2 rings (SSSR count). The second-order valence-corrected chi connectivity index (χ2v) is 9.17. The van der Waals surface area contributed by atoms with Gasteiger partial charge < -0.3 is 4.74 Å². The number of halogens is 2. The smallest absolute Gasteiger partial charge is 0.279 e.